The quantitative estimate of drug-likeness (QED) is 0.543. The van der Waals surface area contributed by atoms with Crippen LogP contribution in [-0.4, -0.2) is 73.8 Å². The Hall–Kier alpha value is -0.200. The van der Waals surface area contributed by atoms with Crippen molar-refractivity contribution >= 4 is 0 Å². The molecular weight excluding hydrogens is 244 g/mol. The largest absolute Gasteiger partial charge is 0.395 e. The van der Waals surface area contributed by atoms with E-state index in [9.17, 15) is 0 Å². The van der Waals surface area contributed by atoms with Crippen LogP contribution in [0.2, 0.25) is 0 Å². The van der Waals surface area contributed by atoms with E-state index in [2.05, 4.69) is 10.2 Å². The molecule has 0 bridgehead atoms. The smallest absolute Gasteiger partial charge is 0.0558 e. The third kappa shape index (κ3) is 5.00. The lowest BCUT2D eigenvalue weighted by Crippen LogP contribution is -2.49. The van der Waals surface area contributed by atoms with Gasteiger partial charge in [0.05, 0.1) is 13.2 Å². The van der Waals surface area contributed by atoms with E-state index in [-0.39, 0.29) is 18.6 Å². The SMILES string of the molecule is OCCN(CCO)CC1(CNC2CC2)CCOCC1. The van der Waals surface area contributed by atoms with E-state index in [0.717, 1.165) is 45.2 Å². The Kier molecular flexibility index (Phi) is 6.04. The predicted molar refractivity (Wildman–Crippen MR) is 74.1 cm³/mol. The summed E-state index contributed by atoms with van der Waals surface area (Å²) in [4.78, 5) is 2.18. The lowest BCUT2D eigenvalue weighted by molar-refractivity contribution is -0.00890. The van der Waals surface area contributed by atoms with Crippen LogP contribution in [0.1, 0.15) is 25.7 Å². The van der Waals surface area contributed by atoms with Gasteiger partial charge < -0.3 is 20.3 Å². The molecule has 1 heterocycles. The number of ether oxygens (including phenoxy) is 1. The Morgan fingerprint density at radius 2 is 1.74 bits per heavy atom. The molecule has 0 spiro atoms. The Labute approximate surface area is 115 Å². The molecule has 0 aromatic heterocycles. The van der Waals surface area contributed by atoms with Gasteiger partial charge in [-0.1, -0.05) is 0 Å². The highest BCUT2D eigenvalue weighted by Crippen LogP contribution is 2.32. The first-order valence-corrected chi connectivity index (χ1v) is 7.53. The second-order valence-electron chi connectivity index (χ2n) is 5.99. The molecule has 0 amide bonds. The van der Waals surface area contributed by atoms with Crippen LogP contribution in [0.5, 0.6) is 0 Å². The Morgan fingerprint density at radius 1 is 1.11 bits per heavy atom. The van der Waals surface area contributed by atoms with Gasteiger partial charge >= 0.3 is 0 Å². The van der Waals surface area contributed by atoms with E-state index < -0.39 is 0 Å². The fourth-order valence-electron chi connectivity index (χ4n) is 2.87. The molecule has 0 aromatic rings. The van der Waals surface area contributed by atoms with Crippen LogP contribution >= 0.6 is 0 Å². The minimum atomic E-state index is 0.155. The molecule has 0 unspecified atom stereocenters. The average Bonchev–Trinajstić information content (AvgIpc) is 3.22. The number of aliphatic hydroxyl groups excluding tert-OH is 2. The summed E-state index contributed by atoms with van der Waals surface area (Å²) in [5, 5.41) is 21.9. The molecule has 19 heavy (non-hydrogen) atoms. The van der Waals surface area contributed by atoms with Crippen molar-refractivity contribution in [3.8, 4) is 0 Å². The molecule has 1 aliphatic heterocycles. The summed E-state index contributed by atoms with van der Waals surface area (Å²) >= 11 is 0. The van der Waals surface area contributed by atoms with Gasteiger partial charge in [0.25, 0.3) is 0 Å². The third-order valence-corrected chi connectivity index (χ3v) is 4.29. The summed E-state index contributed by atoms with van der Waals surface area (Å²) < 4.78 is 5.50. The van der Waals surface area contributed by atoms with Gasteiger partial charge in [-0.25, -0.2) is 0 Å². The van der Waals surface area contributed by atoms with Crippen molar-refractivity contribution in [3.63, 3.8) is 0 Å². The van der Waals surface area contributed by atoms with Crippen molar-refractivity contribution in [2.24, 2.45) is 5.41 Å². The van der Waals surface area contributed by atoms with Gasteiger partial charge in [-0.2, -0.15) is 0 Å². The maximum absolute atomic E-state index is 9.14. The summed E-state index contributed by atoms with van der Waals surface area (Å²) in [5.74, 6) is 0. The van der Waals surface area contributed by atoms with E-state index in [0.29, 0.717) is 13.1 Å². The minimum Gasteiger partial charge on any atom is -0.395 e. The van der Waals surface area contributed by atoms with E-state index in [1.165, 1.54) is 12.8 Å². The summed E-state index contributed by atoms with van der Waals surface area (Å²) in [6, 6.07) is 0.726. The Balaban J connectivity index is 1.89. The van der Waals surface area contributed by atoms with Crippen molar-refractivity contribution in [3.05, 3.63) is 0 Å². The van der Waals surface area contributed by atoms with Gasteiger partial charge in [0.1, 0.15) is 0 Å². The van der Waals surface area contributed by atoms with Gasteiger partial charge in [0, 0.05) is 45.4 Å². The first-order valence-electron chi connectivity index (χ1n) is 7.53. The maximum Gasteiger partial charge on any atom is 0.0558 e. The highest BCUT2D eigenvalue weighted by Gasteiger charge is 2.35. The van der Waals surface area contributed by atoms with Crippen LogP contribution in [0, 0.1) is 5.41 Å². The number of rotatable bonds is 9. The van der Waals surface area contributed by atoms with Gasteiger partial charge in [-0.3, -0.25) is 4.90 Å². The van der Waals surface area contributed by atoms with E-state index >= 15 is 0 Å². The molecule has 1 saturated heterocycles. The fourth-order valence-corrected chi connectivity index (χ4v) is 2.87. The van der Waals surface area contributed by atoms with Crippen molar-refractivity contribution in [1.29, 1.82) is 0 Å². The molecule has 112 valence electrons. The molecule has 1 aliphatic carbocycles. The lowest BCUT2D eigenvalue weighted by Gasteiger charge is -2.41. The zero-order valence-electron chi connectivity index (χ0n) is 11.8. The molecular formula is C14H28N2O3. The first-order chi connectivity index (χ1) is 9.28. The number of hydrogen-bond acceptors (Lipinski definition) is 5. The monoisotopic (exact) mass is 272 g/mol. The molecule has 0 aromatic carbocycles. The summed E-state index contributed by atoms with van der Waals surface area (Å²) in [7, 11) is 0. The van der Waals surface area contributed by atoms with Crippen molar-refractivity contribution in [2.45, 2.75) is 31.7 Å². The Morgan fingerprint density at radius 3 is 2.26 bits per heavy atom. The molecule has 1 saturated carbocycles. The molecule has 0 radical (unpaired) electrons. The van der Waals surface area contributed by atoms with E-state index in [1.54, 1.807) is 0 Å². The molecule has 0 atom stereocenters. The number of nitrogens with one attached hydrogen (secondary N) is 1. The number of nitrogens with zero attached hydrogens (tertiary/aromatic N) is 1. The standard InChI is InChI=1S/C14H28N2O3/c17-7-5-16(6-8-18)12-14(3-9-19-10-4-14)11-15-13-1-2-13/h13,15,17-18H,1-12H2. The highest BCUT2D eigenvalue weighted by atomic mass is 16.5. The van der Waals surface area contributed by atoms with E-state index in [4.69, 9.17) is 14.9 Å². The summed E-state index contributed by atoms with van der Waals surface area (Å²) in [6.45, 7) is 5.24. The second-order valence-corrected chi connectivity index (χ2v) is 5.99. The number of aliphatic hydroxyl groups is 2. The van der Waals surface area contributed by atoms with Crippen LogP contribution in [0.25, 0.3) is 0 Å². The lowest BCUT2D eigenvalue weighted by atomic mass is 9.79. The third-order valence-electron chi connectivity index (χ3n) is 4.29. The van der Waals surface area contributed by atoms with Gasteiger partial charge in [0.15, 0.2) is 0 Å². The van der Waals surface area contributed by atoms with Gasteiger partial charge in [-0.05, 0) is 31.1 Å². The predicted octanol–water partition coefficient (Wildman–Crippen LogP) is -0.178. The average molecular weight is 272 g/mol. The van der Waals surface area contributed by atoms with Crippen LogP contribution < -0.4 is 5.32 Å². The first kappa shape index (κ1) is 15.2. The fraction of sp³-hybridized carbons (Fsp3) is 1.00. The molecule has 2 rings (SSSR count). The van der Waals surface area contributed by atoms with Crippen LogP contribution in [-0.2, 0) is 4.74 Å². The van der Waals surface area contributed by atoms with Crippen LogP contribution in [0.15, 0.2) is 0 Å². The summed E-state index contributed by atoms with van der Waals surface area (Å²) in [5.41, 5.74) is 0.241. The summed E-state index contributed by atoms with van der Waals surface area (Å²) in [6.07, 6.45) is 4.76. The van der Waals surface area contributed by atoms with Crippen molar-refractivity contribution in [1.82, 2.24) is 10.2 Å². The molecule has 2 fully saturated rings. The highest BCUT2D eigenvalue weighted by molar-refractivity contribution is 4.91. The Bertz CT molecular complexity index is 247. The van der Waals surface area contributed by atoms with Crippen LogP contribution in [0.4, 0.5) is 0 Å². The van der Waals surface area contributed by atoms with Crippen molar-refractivity contribution < 1.29 is 14.9 Å². The topological polar surface area (TPSA) is 65.0 Å². The molecule has 3 N–H and O–H groups in total. The maximum atomic E-state index is 9.14. The van der Waals surface area contributed by atoms with Gasteiger partial charge in [-0.15, -0.1) is 0 Å². The minimum absolute atomic E-state index is 0.155. The molecule has 5 nitrogen and oxygen atoms in total. The number of hydrogen-bond donors (Lipinski definition) is 3. The molecule has 2 aliphatic rings. The second kappa shape index (κ2) is 7.55. The molecule has 5 heteroatoms. The van der Waals surface area contributed by atoms with Gasteiger partial charge in [0.2, 0.25) is 0 Å². The van der Waals surface area contributed by atoms with Crippen LogP contribution in [0.3, 0.4) is 0 Å². The van der Waals surface area contributed by atoms with E-state index in [1.807, 2.05) is 0 Å². The zero-order chi connectivity index (χ0) is 13.6. The van der Waals surface area contributed by atoms with Crippen molar-refractivity contribution in [2.75, 3.05) is 52.6 Å². The normalized spacial score (nSPS) is 22.9. The zero-order valence-corrected chi connectivity index (χ0v) is 11.8.